The monoisotopic (exact) mass is 486 g/mol. The van der Waals surface area contributed by atoms with Gasteiger partial charge in [0.2, 0.25) is 0 Å². The molecule has 6 nitrogen and oxygen atoms in total. The lowest BCUT2D eigenvalue weighted by Gasteiger charge is -2.23. The fraction of sp³-hybridized carbons (Fsp3) is 0.450. The molecule has 0 saturated heterocycles. The second kappa shape index (κ2) is 11.9. The van der Waals surface area contributed by atoms with Crippen LogP contribution < -0.4 is 15.4 Å². The van der Waals surface area contributed by atoms with Crippen LogP contribution in [0.4, 0.5) is 0 Å². The third-order valence-electron chi connectivity index (χ3n) is 4.36. The number of halogens is 1. The SMILES string of the molecule is CN=C(NCCc1ccc(C)c(OC)c1)NCC(c1ccco1)N(C)C.I. The van der Waals surface area contributed by atoms with E-state index in [0.29, 0.717) is 6.54 Å². The smallest absolute Gasteiger partial charge is 0.191 e. The highest BCUT2D eigenvalue weighted by Gasteiger charge is 2.17. The lowest BCUT2D eigenvalue weighted by atomic mass is 10.1. The fourth-order valence-electron chi connectivity index (χ4n) is 2.78. The number of hydrogen-bond acceptors (Lipinski definition) is 4. The molecule has 0 fully saturated rings. The summed E-state index contributed by atoms with van der Waals surface area (Å²) in [6.07, 6.45) is 2.60. The zero-order chi connectivity index (χ0) is 18.9. The molecular weight excluding hydrogens is 455 g/mol. The summed E-state index contributed by atoms with van der Waals surface area (Å²) in [5.41, 5.74) is 2.38. The average Bonchev–Trinajstić information content (AvgIpc) is 3.15. The molecule has 0 aliphatic rings. The predicted molar refractivity (Wildman–Crippen MR) is 121 cm³/mol. The molecule has 7 heteroatoms. The Labute approximate surface area is 179 Å². The molecule has 2 aromatic rings. The number of nitrogens with one attached hydrogen (secondary N) is 2. The number of furan rings is 1. The van der Waals surface area contributed by atoms with Gasteiger partial charge in [0, 0.05) is 20.1 Å². The summed E-state index contributed by atoms with van der Waals surface area (Å²) in [4.78, 5) is 6.42. The number of aryl methyl sites for hydroxylation is 1. The van der Waals surface area contributed by atoms with Gasteiger partial charge < -0.3 is 19.8 Å². The number of ether oxygens (including phenoxy) is 1. The summed E-state index contributed by atoms with van der Waals surface area (Å²) < 4.78 is 10.9. The molecule has 1 unspecified atom stereocenters. The second-order valence-corrected chi connectivity index (χ2v) is 6.43. The van der Waals surface area contributed by atoms with Crippen molar-refractivity contribution in [2.75, 3.05) is 41.3 Å². The molecule has 0 amide bonds. The normalized spacial score (nSPS) is 12.4. The van der Waals surface area contributed by atoms with E-state index in [-0.39, 0.29) is 30.0 Å². The largest absolute Gasteiger partial charge is 0.496 e. The van der Waals surface area contributed by atoms with E-state index in [2.05, 4.69) is 38.7 Å². The Morgan fingerprint density at radius 1 is 1.26 bits per heavy atom. The minimum atomic E-state index is 0. The Kier molecular flexibility index (Phi) is 10.2. The maximum absolute atomic E-state index is 5.54. The average molecular weight is 486 g/mol. The van der Waals surface area contributed by atoms with Crippen molar-refractivity contribution in [1.82, 2.24) is 15.5 Å². The summed E-state index contributed by atoms with van der Waals surface area (Å²) in [6.45, 7) is 3.55. The van der Waals surface area contributed by atoms with E-state index >= 15 is 0 Å². The lowest BCUT2D eigenvalue weighted by molar-refractivity contribution is 0.258. The number of benzene rings is 1. The van der Waals surface area contributed by atoms with E-state index in [4.69, 9.17) is 9.15 Å². The Morgan fingerprint density at radius 3 is 2.63 bits per heavy atom. The molecule has 0 spiro atoms. The van der Waals surface area contributed by atoms with E-state index in [1.54, 1.807) is 20.4 Å². The number of aliphatic imine (C=N–C) groups is 1. The van der Waals surface area contributed by atoms with E-state index in [9.17, 15) is 0 Å². The van der Waals surface area contributed by atoms with Crippen molar-refractivity contribution in [1.29, 1.82) is 0 Å². The Hall–Kier alpha value is -1.74. The maximum Gasteiger partial charge on any atom is 0.191 e. The van der Waals surface area contributed by atoms with Crippen molar-refractivity contribution in [2.45, 2.75) is 19.4 Å². The third kappa shape index (κ3) is 7.06. The number of methoxy groups -OCH3 is 1. The van der Waals surface area contributed by atoms with Crippen LogP contribution in [0.15, 0.2) is 46.0 Å². The van der Waals surface area contributed by atoms with Crippen LogP contribution in [0.25, 0.3) is 0 Å². The highest BCUT2D eigenvalue weighted by atomic mass is 127. The lowest BCUT2D eigenvalue weighted by Crippen LogP contribution is -2.42. The first-order chi connectivity index (χ1) is 12.5. The first kappa shape index (κ1) is 23.3. The van der Waals surface area contributed by atoms with Gasteiger partial charge in [-0.15, -0.1) is 24.0 Å². The molecular formula is C20H31IN4O2. The molecule has 0 aliphatic heterocycles. The number of guanidine groups is 1. The van der Waals surface area contributed by atoms with Gasteiger partial charge in [-0.25, -0.2) is 0 Å². The van der Waals surface area contributed by atoms with Gasteiger partial charge in [0.25, 0.3) is 0 Å². The Morgan fingerprint density at radius 2 is 2.04 bits per heavy atom. The van der Waals surface area contributed by atoms with Crippen LogP contribution in [0.2, 0.25) is 0 Å². The van der Waals surface area contributed by atoms with Gasteiger partial charge in [-0.05, 0) is 56.8 Å². The molecule has 1 aromatic carbocycles. The molecule has 1 atom stereocenters. The predicted octanol–water partition coefficient (Wildman–Crippen LogP) is 3.23. The standard InChI is InChI=1S/C20H30N4O2.HI/c1-15-8-9-16(13-19(15)25-5)10-11-22-20(21-2)23-14-17(24(3)4)18-7-6-12-26-18;/h6-9,12-13,17H,10-11,14H2,1-5H3,(H2,21,22,23);1H. The fourth-order valence-corrected chi connectivity index (χ4v) is 2.78. The van der Waals surface area contributed by atoms with Crippen LogP contribution in [-0.4, -0.2) is 52.2 Å². The van der Waals surface area contributed by atoms with Gasteiger partial charge in [-0.2, -0.15) is 0 Å². The molecule has 2 rings (SSSR count). The van der Waals surface area contributed by atoms with Crippen molar-refractivity contribution in [3.05, 3.63) is 53.5 Å². The molecule has 0 aliphatic carbocycles. The maximum atomic E-state index is 5.54. The first-order valence-electron chi connectivity index (χ1n) is 8.83. The summed E-state index contributed by atoms with van der Waals surface area (Å²) in [6, 6.07) is 10.4. The first-order valence-corrected chi connectivity index (χ1v) is 8.83. The molecule has 27 heavy (non-hydrogen) atoms. The van der Waals surface area contributed by atoms with Crippen LogP contribution in [-0.2, 0) is 6.42 Å². The second-order valence-electron chi connectivity index (χ2n) is 6.43. The van der Waals surface area contributed by atoms with Gasteiger partial charge in [0.1, 0.15) is 11.5 Å². The molecule has 0 saturated carbocycles. The number of nitrogens with zero attached hydrogens (tertiary/aromatic N) is 2. The summed E-state index contributed by atoms with van der Waals surface area (Å²) in [5.74, 6) is 2.64. The van der Waals surface area contributed by atoms with Crippen LogP contribution in [0.3, 0.4) is 0 Å². The zero-order valence-corrected chi connectivity index (χ0v) is 19.1. The van der Waals surface area contributed by atoms with Crippen molar-refractivity contribution >= 4 is 29.9 Å². The number of likely N-dealkylation sites (N-methyl/N-ethyl adjacent to an activating group) is 1. The molecule has 0 radical (unpaired) electrons. The van der Waals surface area contributed by atoms with Gasteiger partial charge >= 0.3 is 0 Å². The van der Waals surface area contributed by atoms with Crippen molar-refractivity contribution in [3.8, 4) is 5.75 Å². The summed E-state index contributed by atoms with van der Waals surface area (Å²) >= 11 is 0. The van der Waals surface area contributed by atoms with Crippen LogP contribution in [0.1, 0.15) is 22.9 Å². The Balaban J connectivity index is 0.00000364. The molecule has 0 bridgehead atoms. The Bertz CT molecular complexity index is 702. The molecule has 1 heterocycles. The zero-order valence-electron chi connectivity index (χ0n) is 16.8. The van der Waals surface area contributed by atoms with Crippen LogP contribution in [0, 0.1) is 6.92 Å². The van der Waals surface area contributed by atoms with Gasteiger partial charge in [0.15, 0.2) is 5.96 Å². The van der Waals surface area contributed by atoms with Crippen molar-refractivity contribution in [2.24, 2.45) is 4.99 Å². The topological polar surface area (TPSA) is 62.0 Å². The highest BCUT2D eigenvalue weighted by molar-refractivity contribution is 14.0. The number of hydrogen-bond donors (Lipinski definition) is 2. The molecule has 150 valence electrons. The van der Waals surface area contributed by atoms with Gasteiger partial charge in [-0.3, -0.25) is 9.89 Å². The van der Waals surface area contributed by atoms with E-state index < -0.39 is 0 Å². The van der Waals surface area contributed by atoms with Crippen molar-refractivity contribution < 1.29 is 9.15 Å². The minimum absolute atomic E-state index is 0. The minimum Gasteiger partial charge on any atom is -0.496 e. The van der Waals surface area contributed by atoms with Crippen LogP contribution >= 0.6 is 24.0 Å². The van der Waals surface area contributed by atoms with Crippen molar-refractivity contribution in [3.63, 3.8) is 0 Å². The third-order valence-corrected chi connectivity index (χ3v) is 4.36. The molecule has 2 N–H and O–H groups in total. The summed E-state index contributed by atoms with van der Waals surface area (Å²) in [7, 11) is 7.56. The van der Waals surface area contributed by atoms with E-state index in [1.807, 2.05) is 33.2 Å². The van der Waals surface area contributed by atoms with E-state index in [0.717, 1.165) is 36.0 Å². The van der Waals surface area contributed by atoms with E-state index in [1.165, 1.54) is 5.56 Å². The molecule has 1 aromatic heterocycles. The highest BCUT2D eigenvalue weighted by Crippen LogP contribution is 2.19. The van der Waals surface area contributed by atoms with Crippen LogP contribution in [0.5, 0.6) is 5.75 Å². The quantitative estimate of drug-likeness (QED) is 0.341. The number of rotatable bonds is 8. The summed E-state index contributed by atoms with van der Waals surface area (Å²) in [5, 5.41) is 6.73. The van der Waals surface area contributed by atoms with Gasteiger partial charge in [-0.1, -0.05) is 12.1 Å². The van der Waals surface area contributed by atoms with Gasteiger partial charge in [0.05, 0.1) is 19.4 Å².